The van der Waals surface area contributed by atoms with Crippen molar-refractivity contribution in [3.8, 4) is 0 Å². The number of nitrogens with one attached hydrogen (secondary N) is 1. The first-order valence-electron chi connectivity index (χ1n) is 7.22. The zero-order valence-electron chi connectivity index (χ0n) is 12.1. The van der Waals surface area contributed by atoms with Crippen LogP contribution >= 0.6 is 11.7 Å². The second-order valence-electron chi connectivity index (χ2n) is 5.88. The molecule has 0 bridgehead atoms. The predicted octanol–water partition coefficient (Wildman–Crippen LogP) is 2.79. The normalized spacial score (nSPS) is 27.0. The first kappa shape index (κ1) is 14.9. The highest BCUT2D eigenvalue weighted by atomic mass is 32.2. The van der Waals surface area contributed by atoms with Gasteiger partial charge in [-0.05, 0) is 30.4 Å². The first-order valence-corrected chi connectivity index (χ1v) is 9.44. The second-order valence-corrected chi connectivity index (χ2v) is 8.09. The fourth-order valence-electron chi connectivity index (χ4n) is 3.01. The minimum Gasteiger partial charge on any atom is -0.208 e. The van der Waals surface area contributed by atoms with E-state index in [1.807, 2.05) is 0 Å². The summed E-state index contributed by atoms with van der Waals surface area (Å²) in [5.74, 6) is 0.893. The average molecular weight is 325 g/mol. The quantitative estimate of drug-likeness (QED) is 0.942. The molecule has 1 aromatic carbocycles. The van der Waals surface area contributed by atoms with Crippen molar-refractivity contribution in [2.75, 3.05) is 0 Å². The molecule has 1 N–H and O–H groups in total. The summed E-state index contributed by atoms with van der Waals surface area (Å²) in [5, 5.41) is 0. The van der Waals surface area contributed by atoms with Crippen LogP contribution in [0.1, 0.15) is 33.1 Å². The van der Waals surface area contributed by atoms with Crippen molar-refractivity contribution in [1.82, 2.24) is 13.5 Å². The van der Waals surface area contributed by atoms with Gasteiger partial charge >= 0.3 is 0 Å². The monoisotopic (exact) mass is 325 g/mol. The fourth-order valence-corrected chi connectivity index (χ4v) is 5.14. The van der Waals surface area contributed by atoms with E-state index >= 15 is 0 Å². The van der Waals surface area contributed by atoms with Crippen LogP contribution in [0, 0.1) is 11.8 Å². The number of hydrogen-bond acceptors (Lipinski definition) is 5. The maximum atomic E-state index is 12.7. The van der Waals surface area contributed by atoms with E-state index in [1.54, 1.807) is 18.2 Å². The summed E-state index contributed by atoms with van der Waals surface area (Å²) in [7, 11) is -3.56. The van der Waals surface area contributed by atoms with Crippen molar-refractivity contribution in [2.24, 2.45) is 11.8 Å². The first-order chi connectivity index (χ1) is 9.99. The van der Waals surface area contributed by atoms with Gasteiger partial charge in [0, 0.05) is 6.04 Å². The molecule has 114 valence electrons. The van der Waals surface area contributed by atoms with E-state index in [9.17, 15) is 8.42 Å². The summed E-state index contributed by atoms with van der Waals surface area (Å²) >= 11 is 1.04. The van der Waals surface area contributed by atoms with E-state index in [-0.39, 0.29) is 10.9 Å². The van der Waals surface area contributed by atoms with Gasteiger partial charge in [-0.15, -0.1) is 0 Å². The standard InChI is InChI=1S/C14H19N3O2S2/c1-9-5-3-6-11(10(9)2)17-21(18,19)13-8-4-7-12-14(13)16-20-15-12/h4,7-11,17H,3,5-6H2,1-2H3/t9-,10-,11-/m1/s1. The van der Waals surface area contributed by atoms with Crippen molar-refractivity contribution in [3.05, 3.63) is 18.2 Å². The Morgan fingerprint density at radius 1 is 1.24 bits per heavy atom. The molecule has 0 radical (unpaired) electrons. The van der Waals surface area contributed by atoms with E-state index in [0.717, 1.165) is 24.6 Å². The Bertz CT molecular complexity index is 742. The van der Waals surface area contributed by atoms with Gasteiger partial charge in [0.2, 0.25) is 10.0 Å². The zero-order chi connectivity index (χ0) is 15.0. The largest absolute Gasteiger partial charge is 0.243 e. The summed E-state index contributed by atoms with van der Waals surface area (Å²) in [5.41, 5.74) is 1.10. The molecule has 3 rings (SSSR count). The van der Waals surface area contributed by atoms with Crippen LogP contribution in [0.5, 0.6) is 0 Å². The van der Waals surface area contributed by atoms with Gasteiger partial charge in [0.25, 0.3) is 0 Å². The molecule has 1 aromatic heterocycles. The highest BCUT2D eigenvalue weighted by Gasteiger charge is 2.31. The number of sulfonamides is 1. The van der Waals surface area contributed by atoms with Crippen LogP contribution in [0.3, 0.4) is 0 Å². The highest BCUT2D eigenvalue weighted by molar-refractivity contribution is 7.89. The summed E-state index contributed by atoms with van der Waals surface area (Å²) in [4.78, 5) is 0.235. The lowest BCUT2D eigenvalue weighted by molar-refractivity contribution is 0.227. The molecule has 0 unspecified atom stereocenters. The third-order valence-corrected chi connectivity index (χ3v) is 6.62. The molecule has 7 heteroatoms. The molecule has 3 atom stereocenters. The molecule has 0 aliphatic heterocycles. The van der Waals surface area contributed by atoms with Gasteiger partial charge in [-0.2, -0.15) is 8.75 Å². The van der Waals surface area contributed by atoms with Gasteiger partial charge in [0.15, 0.2) is 0 Å². The Morgan fingerprint density at radius 2 is 2.05 bits per heavy atom. The van der Waals surface area contributed by atoms with Crippen LogP contribution in [-0.4, -0.2) is 23.2 Å². The highest BCUT2D eigenvalue weighted by Crippen LogP contribution is 2.31. The number of nitrogens with zero attached hydrogens (tertiary/aromatic N) is 2. The number of benzene rings is 1. The Hall–Kier alpha value is -1.05. The molecule has 0 saturated heterocycles. The van der Waals surface area contributed by atoms with Crippen LogP contribution in [-0.2, 0) is 10.0 Å². The predicted molar refractivity (Wildman–Crippen MR) is 83.7 cm³/mol. The lowest BCUT2D eigenvalue weighted by Crippen LogP contribution is -2.43. The Labute approximate surface area is 129 Å². The summed E-state index contributed by atoms with van der Waals surface area (Å²) in [6.45, 7) is 4.32. The molecule has 1 saturated carbocycles. The van der Waals surface area contributed by atoms with Crippen molar-refractivity contribution in [3.63, 3.8) is 0 Å². The maximum absolute atomic E-state index is 12.7. The van der Waals surface area contributed by atoms with Crippen LogP contribution in [0.15, 0.2) is 23.1 Å². The van der Waals surface area contributed by atoms with Gasteiger partial charge in [0.05, 0.1) is 11.7 Å². The van der Waals surface area contributed by atoms with E-state index in [1.165, 1.54) is 6.42 Å². The van der Waals surface area contributed by atoms with Crippen molar-refractivity contribution >= 4 is 32.8 Å². The van der Waals surface area contributed by atoms with E-state index < -0.39 is 10.0 Å². The fraction of sp³-hybridized carbons (Fsp3) is 0.571. The molecule has 21 heavy (non-hydrogen) atoms. The SMILES string of the molecule is C[C@@H]1[C@H](C)CCC[C@H]1NS(=O)(=O)c1cccc2nsnc12. The molecular weight excluding hydrogens is 306 g/mol. The summed E-state index contributed by atoms with van der Waals surface area (Å²) < 4.78 is 36.5. The van der Waals surface area contributed by atoms with Crippen LogP contribution in [0.2, 0.25) is 0 Å². The maximum Gasteiger partial charge on any atom is 0.243 e. The van der Waals surface area contributed by atoms with Crippen LogP contribution in [0.4, 0.5) is 0 Å². The minimum atomic E-state index is -3.56. The topological polar surface area (TPSA) is 72.0 Å². The Morgan fingerprint density at radius 3 is 2.86 bits per heavy atom. The third-order valence-electron chi connectivity index (χ3n) is 4.55. The van der Waals surface area contributed by atoms with Gasteiger partial charge in [-0.3, -0.25) is 0 Å². The molecule has 5 nitrogen and oxygen atoms in total. The zero-order valence-corrected chi connectivity index (χ0v) is 13.7. The number of rotatable bonds is 3. The minimum absolute atomic E-state index is 0.000557. The number of fused-ring (bicyclic) bond motifs is 1. The molecule has 0 amide bonds. The average Bonchev–Trinajstić information content (AvgIpc) is 2.91. The number of hydrogen-bond donors (Lipinski definition) is 1. The molecule has 0 spiro atoms. The summed E-state index contributed by atoms with van der Waals surface area (Å²) in [6, 6.07) is 5.10. The molecular formula is C14H19N3O2S2. The Balaban J connectivity index is 1.92. The van der Waals surface area contributed by atoms with Gasteiger partial charge in [-0.25, -0.2) is 13.1 Å². The second kappa shape index (κ2) is 5.62. The van der Waals surface area contributed by atoms with E-state index in [2.05, 4.69) is 27.3 Å². The lowest BCUT2D eigenvalue weighted by Gasteiger charge is -2.34. The molecule has 1 aliphatic rings. The van der Waals surface area contributed by atoms with Gasteiger partial charge in [-0.1, -0.05) is 32.8 Å². The smallest absolute Gasteiger partial charge is 0.208 e. The molecule has 1 fully saturated rings. The molecule has 1 aliphatic carbocycles. The van der Waals surface area contributed by atoms with Gasteiger partial charge in [0.1, 0.15) is 15.9 Å². The third kappa shape index (κ3) is 2.82. The van der Waals surface area contributed by atoms with Crippen molar-refractivity contribution < 1.29 is 8.42 Å². The van der Waals surface area contributed by atoms with Crippen molar-refractivity contribution in [1.29, 1.82) is 0 Å². The van der Waals surface area contributed by atoms with Crippen LogP contribution in [0.25, 0.3) is 11.0 Å². The van der Waals surface area contributed by atoms with Crippen LogP contribution < -0.4 is 4.72 Å². The Kier molecular flexibility index (Phi) is 3.98. The van der Waals surface area contributed by atoms with E-state index in [4.69, 9.17) is 0 Å². The summed E-state index contributed by atoms with van der Waals surface area (Å²) in [6.07, 6.45) is 3.14. The number of aromatic nitrogens is 2. The van der Waals surface area contributed by atoms with Gasteiger partial charge < -0.3 is 0 Å². The van der Waals surface area contributed by atoms with Crippen molar-refractivity contribution in [2.45, 2.75) is 44.0 Å². The molecule has 2 aromatic rings. The lowest BCUT2D eigenvalue weighted by atomic mass is 9.78. The molecule has 1 heterocycles. The van der Waals surface area contributed by atoms with E-state index in [0.29, 0.717) is 22.9 Å².